The van der Waals surface area contributed by atoms with E-state index in [-0.39, 0.29) is 6.61 Å². The van der Waals surface area contributed by atoms with Crippen molar-refractivity contribution in [2.75, 3.05) is 6.61 Å². The molecule has 0 bridgehead atoms. The highest BCUT2D eigenvalue weighted by Crippen LogP contribution is 2.56. The van der Waals surface area contributed by atoms with Crippen molar-refractivity contribution in [2.24, 2.45) is 0 Å². The van der Waals surface area contributed by atoms with Crippen LogP contribution in [0.15, 0.2) is 91.0 Å². The van der Waals surface area contributed by atoms with Gasteiger partial charge in [0.25, 0.3) is 0 Å². The van der Waals surface area contributed by atoms with Crippen LogP contribution in [0, 0.1) is 0 Å². The summed E-state index contributed by atoms with van der Waals surface area (Å²) in [6.45, 7) is -0.162. The number of hydrogen-bond acceptors (Lipinski definition) is 2. The molecule has 0 saturated carbocycles. The van der Waals surface area contributed by atoms with Gasteiger partial charge in [0.2, 0.25) is 0 Å². The van der Waals surface area contributed by atoms with Gasteiger partial charge in [-0.3, -0.25) is 0 Å². The van der Waals surface area contributed by atoms with Crippen molar-refractivity contribution < 1.29 is 9.67 Å². The summed E-state index contributed by atoms with van der Waals surface area (Å²) in [7, 11) is -3.01. The molecule has 2 nitrogen and oxygen atoms in total. The molecule has 1 atom stereocenters. The Balaban J connectivity index is 2.22. The van der Waals surface area contributed by atoms with Gasteiger partial charge in [-0.25, -0.2) is 0 Å². The second-order valence-electron chi connectivity index (χ2n) is 5.44. The van der Waals surface area contributed by atoms with Gasteiger partial charge in [-0.1, -0.05) is 91.0 Å². The third-order valence-corrected chi connectivity index (χ3v) is 7.55. The fraction of sp³-hybridized carbons (Fsp3) is 0.100. The fourth-order valence-corrected chi connectivity index (χ4v) is 5.98. The normalized spacial score (nSPS) is 12.7. The Bertz CT molecular complexity index is 742. The van der Waals surface area contributed by atoms with E-state index in [4.69, 9.17) is 0 Å². The summed E-state index contributed by atoms with van der Waals surface area (Å²) < 4.78 is 14.2. The van der Waals surface area contributed by atoms with Gasteiger partial charge < -0.3 is 9.67 Å². The second-order valence-corrected chi connectivity index (χ2v) is 8.41. The zero-order valence-corrected chi connectivity index (χ0v) is 13.6. The van der Waals surface area contributed by atoms with E-state index in [2.05, 4.69) is 0 Å². The average Bonchev–Trinajstić information content (AvgIpc) is 2.64. The molecule has 0 saturated heterocycles. The molecule has 0 fully saturated rings. The first-order chi connectivity index (χ1) is 11.3. The van der Waals surface area contributed by atoms with E-state index >= 15 is 0 Å². The molecular formula is C20H19O2P. The molecular weight excluding hydrogens is 303 g/mol. The Hall–Kier alpha value is -2.15. The summed E-state index contributed by atoms with van der Waals surface area (Å²) in [4.78, 5) is 0. The van der Waals surface area contributed by atoms with Crippen LogP contribution in [-0.2, 0) is 4.57 Å². The Morgan fingerprint density at radius 3 is 1.48 bits per heavy atom. The van der Waals surface area contributed by atoms with E-state index in [9.17, 15) is 9.67 Å². The number of aliphatic hydroxyl groups is 1. The van der Waals surface area contributed by atoms with Gasteiger partial charge in [0.05, 0.1) is 12.3 Å². The van der Waals surface area contributed by atoms with E-state index in [1.807, 2.05) is 91.0 Å². The van der Waals surface area contributed by atoms with Crippen LogP contribution < -0.4 is 10.6 Å². The van der Waals surface area contributed by atoms with E-state index in [1.165, 1.54) is 0 Å². The smallest absolute Gasteiger partial charge is 0.152 e. The van der Waals surface area contributed by atoms with E-state index in [1.54, 1.807) is 0 Å². The van der Waals surface area contributed by atoms with E-state index < -0.39 is 12.8 Å². The molecule has 0 spiro atoms. The van der Waals surface area contributed by atoms with Crippen LogP contribution in [0.5, 0.6) is 0 Å². The van der Waals surface area contributed by atoms with Crippen LogP contribution in [0.25, 0.3) is 0 Å². The minimum Gasteiger partial charge on any atom is -0.395 e. The summed E-state index contributed by atoms with van der Waals surface area (Å²) in [5, 5.41) is 11.6. The lowest BCUT2D eigenvalue weighted by Gasteiger charge is -2.27. The van der Waals surface area contributed by atoms with Crippen molar-refractivity contribution >= 4 is 17.8 Å². The monoisotopic (exact) mass is 322 g/mol. The number of benzene rings is 3. The van der Waals surface area contributed by atoms with Gasteiger partial charge in [-0.15, -0.1) is 0 Å². The topological polar surface area (TPSA) is 37.3 Å². The molecule has 1 unspecified atom stereocenters. The van der Waals surface area contributed by atoms with Gasteiger partial charge >= 0.3 is 0 Å². The molecule has 23 heavy (non-hydrogen) atoms. The molecule has 0 amide bonds. The van der Waals surface area contributed by atoms with Gasteiger partial charge in [-0.2, -0.15) is 0 Å². The molecule has 3 aromatic carbocycles. The zero-order chi connectivity index (χ0) is 16.1. The molecule has 1 N–H and O–H groups in total. The Morgan fingerprint density at radius 1 is 0.696 bits per heavy atom. The summed E-state index contributed by atoms with van der Waals surface area (Å²) in [6, 6.07) is 28.6. The number of aliphatic hydroxyl groups excluding tert-OH is 1. The standard InChI is InChI=1S/C20H19O2P/c21-16-20(17-10-4-1-5-11-17)23(22,18-12-6-2-7-13-18)19-14-8-3-9-15-19/h1-15,20-21H,16H2. The quantitative estimate of drug-likeness (QED) is 0.727. The molecule has 3 heteroatoms. The van der Waals surface area contributed by atoms with Crippen molar-refractivity contribution in [1.29, 1.82) is 0 Å². The van der Waals surface area contributed by atoms with Gasteiger partial charge in [0.15, 0.2) is 7.14 Å². The maximum absolute atomic E-state index is 14.2. The second kappa shape index (κ2) is 6.95. The van der Waals surface area contributed by atoms with Gasteiger partial charge in [0, 0.05) is 10.6 Å². The van der Waals surface area contributed by atoms with Crippen LogP contribution in [-0.4, -0.2) is 11.7 Å². The van der Waals surface area contributed by atoms with Gasteiger partial charge in [0.1, 0.15) is 0 Å². The first kappa shape index (κ1) is 15.7. The van der Waals surface area contributed by atoms with Crippen molar-refractivity contribution in [3.05, 3.63) is 96.6 Å². The average molecular weight is 322 g/mol. The molecule has 0 aromatic heterocycles. The molecule has 0 aliphatic heterocycles. The fourth-order valence-electron chi connectivity index (χ4n) is 2.91. The highest BCUT2D eigenvalue weighted by Gasteiger charge is 2.37. The minimum absolute atomic E-state index is 0.162. The van der Waals surface area contributed by atoms with Crippen LogP contribution in [0.1, 0.15) is 11.2 Å². The van der Waals surface area contributed by atoms with E-state index in [0.29, 0.717) is 0 Å². The first-order valence-electron chi connectivity index (χ1n) is 7.63. The van der Waals surface area contributed by atoms with Crippen LogP contribution >= 0.6 is 7.14 Å². The highest BCUT2D eigenvalue weighted by molar-refractivity contribution is 7.79. The molecule has 0 heterocycles. The summed E-state index contributed by atoms with van der Waals surface area (Å²) >= 11 is 0. The van der Waals surface area contributed by atoms with Crippen LogP contribution in [0.3, 0.4) is 0 Å². The lowest BCUT2D eigenvalue weighted by atomic mass is 10.1. The Morgan fingerprint density at radius 2 is 1.09 bits per heavy atom. The summed E-state index contributed by atoms with van der Waals surface area (Å²) in [5.41, 5.74) is 0.444. The predicted octanol–water partition coefficient (Wildman–Crippen LogP) is 3.73. The third kappa shape index (κ3) is 3.01. The van der Waals surface area contributed by atoms with Crippen molar-refractivity contribution in [1.82, 2.24) is 0 Å². The molecule has 116 valence electrons. The molecule has 0 radical (unpaired) electrons. The summed E-state index contributed by atoms with van der Waals surface area (Å²) in [5.74, 6) is 0. The molecule has 3 rings (SSSR count). The first-order valence-corrected chi connectivity index (χ1v) is 9.41. The third-order valence-electron chi connectivity index (χ3n) is 4.08. The Labute approximate surface area is 136 Å². The highest BCUT2D eigenvalue weighted by atomic mass is 31.2. The van der Waals surface area contributed by atoms with Crippen molar-refractivity contribution in [2.45, 2.75) is 5.66 Å². The minimum atomic E-state index is -3.01. The van der Waals surface area contributed by atoms with Crippen molar-refractivity contribution in [3.8, 4) is 0 Å². The lowest BCUT2D eigenvalue weighted by molar-refractivity contribution is 0.292. The summed E-state index contributed by atoms with van der Waals surface area (Å²) in [6.07, 6.45) is 0. The number of hydrogen-bond donors (Lipinski definition) is 1. The molecule has 3 aromatic rings. The maximum Gasteiger partial charge on any atom is 0.152 e. The Kier molecular flexibility index (Phi) is 4.76. The van der Waals surface area contributed by atoms with Gasteiger partial charge in [-0.05, 0) is 5.56 Å². The zero-order valence-electron chi connectivity index (χ0n) is 12.7. The predicted molar refractivity (Wildman–Crippen MR) is 96.0 cm³/mol. The molecule has 0 aliphatic rings. The van der Waals surface area contributed by atoms with Crippen molar-refractivity contribution in [3.63, 3.8) is 0 Å². The van der Waals surface area contributed by atoms with Crippen LogP contribution in [0.4, 0.5) is 0 Å². The SMILES string of the molecule is O=P(c1ccccc1)(c1ccccc1)C(CO)c1ccccc1. The number of rotatable bonds is 5. The van der Waals surface area contributed by atoms with Crippen LogP contribution in [0.2, 0.25) is 0 Å². The lowest BCUT2D eigenvalue weighted by Crippen LogP contribution is -2.23. The largest absolute Gasteiger partial charge is 0.395 e. The van der Waals surface area contributed by atoms with E-state index in [0.717, 1.165) is 16.2 Å². The maximum atomic E-state index is 14.2. The molecule has 0 aliphatic carbocycles.